The summed E-state index contributed by atoms with van der Waals surface area (Å²) < 4.78 is 5.32. The molecule has 25 heavy (non-hydrogen) atoms. The first kappa shape index (κ1) is 18.3. The average Bonchev–Trinajstić information content (AvgIpc) is 2.60. The summed E-state index contributed by atoms with van der Waals surface area (Å²) in [6, 6.07) is 12.7. The molecule has 5 heteroatoms. The molecule has 0 aliphatic rings. The van der Waals surface area contributed by atoms with Crippen LogP contribution in [-0.4, -0.2) is 18.4 Å². The van der Waals surface area contributed by atoms with Gasteiger partial charge in [0.25, 0.3) is 11.8 Å². The predicted octanol–water partition coefficient (Wildman–Crippen LogP) is 3.18. The molecule has 130 valence electrons. The predicted molar refractivity (Wildman–Crippen MR) is 98.2 cm³/mol. The number of carbonyl (C=O) groups is 2. The quantitative estimate of drug-likeness (QED) is 0.650. The number of hydrogen-bond acceptors (Lipinski definition) is 3. The normalized spacial score (nSPS) is 10.5. The second-order valence-electron chi connectivity index (χ2n) is 5.59. The SMILES string of the molecule is CCOc1ccc(C(=O)NNC(=O)/C=C/c2ccc(C)cc2C)cc1. The van der Waals surface area contributed by atoms with Crippen molar-refractivity contribution in [3.05, 3.63) is 70.8 Å². The Balaban J connectivity index is 1.88. The van der Waals surface area contributed by atoms with E-state index in [2.05, 4.69) is 10.9 Å². The van der Waals surface area contributed by atoms with E-state index in [4.69, 9.17) is 4.74 Å². The van der Waals surface area contributed by atoms with Crippen LogP contribution in [0.5, 0.6) is 5.75 Å². The molecule has 5 nitrogen and oxygen atoms in total. The van der Waals surface area contributed by atoms with Gasteiger partial charge in [-0.25, -0.2) is 0 Å². The lowest BCUT2D eigenvalue weighted by atomic mass is 10.1. The highest BCUT2D eigenvalue weighted by Crippen LogP contribution is 2.12. The summed E-state index contributed by atoms with van der Waals surface area (Å²) in [6.07, 6.45) is 3.10. The fourth-order valence-electron chi connectivity index (χ4n) is 2.28. The van der Waals surface area contributed by atoms with Crippen LogP contribution in [0.2, 0.25) is 0 Å². The highest BCUT2D eigenvalue weighted by atomic mass is 16.5. The molecule has 0 saturated heterocycles. The molecule has 0 saturated carbocycles. The molecule has 2 aromatic carbocycles. The Kier molecular flexibility index (Phi) is 6.34. The van der Waals surface area contributed by atoms with Gasteiger partial charge in [-0.15, -0.1) is 0 Å². The number of carbonyl (C=O) groups excluding carboxylic acids is 2. The van der Waals surface area contributed by atoms with E-state index >= 15 is 0 Å². The van der Waals surface area contributed by atoms with E-state index < -0.39 is 11.8 Å². The van der Waals surface area contributed by atoms with Gasteiger partial charge in [0.05, 0.1) is 6.61 Å². The Bertz CT molecular complexity index is 780. The van der Waals surface area contributed by atoms with Gasteiger partial charge >= 0.3 is 0 Å². The Morgan fingerprint density at radius 3 is 2.40 bits per heavy atom. The fourth-order valence-corrected chi connectivity index (χ4v) is 2.28. The first-order chi connectivity index (χ1) is 12.0. The highest BCUT2D eigenvalue weighted by Gasteiger charge is 2.06. The smallest absolute Gasteiger partial charge is 0.269 e. The number of rotatable bonds is 5. The topological polar surface area (TPSA) is 67.4 Å². The molecule has 0 bridgehead atoms. The maximum Gasteiger partial charge on any atom is 0.269 e. The van der Waals surface area contributed by atoms with Gasteiger partial charge in [0, 0.05) is 11.6 Å². The number of aryl methyl sites for hydroxylation is 2. The van der Waals surface area contributed by atoms with E-state index in [1.165, 1.54) is 11.6 Å². The Hall–Kier alpha value is -3.08. The first-order valence-corrected chi connectivity index (χ1v) is 8.08. The van der Waals surface area contributed by atoms with Crippen molar-refractivity contribution in [2.45, 2.75) is 20.8 Å². The van der Waals surface area contributed by atoms with E-state index in [9.17, 15) is 9.59 Å². The van der Waals surface area contributed by atoms with Crippen LogP contribution in [0.4, 0.5) is 0 Å². The summed E-state index contributed by atoms with van der Waals surface area (Å²) in [5, 5.41) is 0. The molecule has 0 spiro atoms. The first-order valence-electron chi connectivity index (χ1n) is 8.08. The third-order valence-electron chi connectivity index (χ3n) is 3.57. The molecule has 0 aliphatic carbocycles. The van der Waals surface area contributed by atoms with Crippen molar-refractivity contribution in [3.8, 4) is 5.75 Å². The molecular formula is C20H22N2O3. The van der Waals surface area contributed by atoms with E-state index in [-0.39, 0.29) is 0 Å². The van der Waals surface area contributed by atoms with Crippen LogP contribution >= 0.6 is 0 Å². The van der Waals surface area contributed by atoms with Crippen LogP contribution in [0.25, 0.3) is 6.08 Å². The minimum absolute atomic E-state index is 0.392. The summed E-state index contributed by atoms with van der Waals surface area (Å²) in [4.78, 5) is 23.8. The molecule has 0 heterocycles. The van der Waals surface area contributed by atoms with Gasteiger partial charge in [-0.05, 0) is 62.2 Å². The maximum absolute atomic E-state index is 12.0. The van der Waals surface area contributed by atoms with Crippen molar-refractivity contribution >= 4 is 17.9 Å². The van der Waals surface area contributed by atoms with Crippen LogP contribution in [0.15, 0.2) is 48.5 Å². The summed E-state index contributed by atoms with van der Waals surface area (Å²) in [5.41, 5.74) is 8.39. The number of nitrogens with one attached hydrogen (secondary N) is 2. The van der Waals surface area contributed by atoms with Gasteiger partial charge in [0.1, 0.15) is 5.75 Å². The monoisotopic (exact) mass is 338 g/mol. The van der Waals surface area contributed by atoms with Crippen molar-refractivity contribution in [1.29, 1.82) is 0 Å². The Morgan fingerprint density at radius 2 is 1.76 bits per heavy atom. The third kappa shape index (κ3) is 5.49. The number of ether oxygens (including phenoxy) is 1. The number of hydrogen-bond donors (Lipinski definition) is 2. The third-order valence-corrected chi connectivity index (χ3v) is 3.57. The van der Waals surface area contributed by atoms with Gasteiger partial charge < -0.3 is 4.74 Å². The van der Waals surface area contributed by atoms with Crippen LogP contribution in [0.3, 0.4) is 0 Å². The van der Waals surface area contributed by atoms with Crippen molar-refractivity contribution < 1.29 is 14.3 Å². The lowest BCUT2D eigenvalue weighted by molar-refractivity contribution is -0.117. The van der Waals surface area contributed by atoms with Crippen molar-refractivity contribution in [1.82, 2.24) is 10.9 Å². The van der Waals surface area contributed by atoms with E-state index in [1.54, 1.807) is 30.3 Å². The molecule has 2 N–H and O–H groups in total. The molecule has 0 aromatic heterocycles. The average molecular weight is 338 g/mol. The zero-order valence-electron chi connectivity index (χ0n) is 14.6. The van der Waals surface area contributed by atoms with Crippen molar-refractivity contribution in [3.63, 3.8) is 0 Å². The summed E-state index contributed by atoms with van der Waals surface area (Å²) >= 11 is 0. The zero-order chi connectivity index (χ0) is 18.2. The number of benzene rings is 2. The molecule has 0 atom stereocenters. The molecule has 2 amide bonds. The van der Waals surface area contributed by atoms with E-state index in [1.807, 2.05) is 39.0 Å². The Morgan fingerprint density at radius 1 is 1.04 bits per heavy atom. The summed E-state index contributed by atoms with van der Waals surface area (Å²) in [7, 11) is 0. The van der Waals surface area contributed by atoms with Crippen LogP contribution in [-0.2, 0) is 4.79 Å². The molecule has 0 unspecified atom stereocenters. The molecule has 0 aliphatic heterocycles. The van der Waals surface area contributed by atoms with Crippen LogP contribution in [0.1, 0.15) is 34.0 Å². The molecular weight excluding hydrogens is 316 g/mol. The maximum atomic E-state index is 12.0. The van der Waals surface area contributed by atoms with Gasteiger partial charge in [-0.3, -0.25) is 20.4 Å². The minimum Gasteiger partial charge on any atom is -0.494 e. The van der Waals surface area contributed by atoms with Gasteiger partial charge in [0.15, 0.2) is 0 Å². The highest BCUT2D eigenvalue weighted by molar-refractivity contribution is 5.98. The van der Waals surface area contributed by atoms with Crippen molar-refractivity contribution in [2.24, 2.45) is 0 Å². The second-order valence-corrected chi connectivity index (χ2v) is 5.59. The number of hydrazine groups is 1. The Labute approximate surface area is 147 Å². The second kappa shape index (κ2) is 8.68. The minimum atomic E-state index is -0.403. The summed E-state index contributed by atoms with van der Waals surface area (Å²) in [6.45, 7) is 6.46. The number of amides is 2. The van der Waals surface area contributed by atoms with Crippen molar-refractivity contribution in [2.75, 3.05) is 6.61 Å². The van der Waals surface area contributed by atoms with Crippen LogP contribution < -0.4 is 15.6 Å². The van der Waals surface area contributed by atoms with Gasteiger partial charge in [0.2, 0.25) is 0 Å². The van der Waals surface area contributed by atoms with E-state index in [0.717, 1.165) is 11.1 Å². The van der Waals surface area contributed by atoms with Gasteiger partial charge in [-0.1, -0.05) is 23.8 Å². The molecule has 0 radical (unpaired) electrons. The zero-order valence-corrected chi connectivity index (χ0v) is 14.6. The summed E-state index contributed by atoms with van der Waals surface area (Å²) in [5.74, 6) is -0.102. The lowest BCUT2D eigenvalue weighted by Gasteiger charge is -2.07. The standard InChI is InChI=1S/C20H22N2O3/c1-4-25-18-10-7-17(8-11-18)20(24)22-21-19(23)12-9-16-6-5-14(2)13-15(16)3/h5-13H,4H2,1-3H3,(H,21,23)(H,22,24)/b12-9+. The van der Waals surface area contributed by atoms with Crippen LogP contribution in [0, 0.1) is 13.8 Å². The molecule has 2 aromatic rings. The fraction of sp³-hybridized carbons (Fsp3) is 0.200. The lowest BCUT2D eigenvalue weighted by Crippen LogP contribution is -2.40. The molecule has 0 fully saturated rings. The van der Waals surface area contributed by atoms with Gasteiger partial charge in [-0.2, -0.15) is 0 Å². The van der Waals surface area contributed by atoms with E-state index in [0.29, 0.717) is 17.9 Å². The molecule has 2 rings (SSSR count). The largest absolute Gasteiger partial charge is 0.494 e.